The van der Waals surface area contributed by atoms with Gasteiger partial charge in [-0.05, 0) is 19.1 Å². The van der Waals surface area contributed by atoms with E-state index in [9.17, 15) is 9.59 Å². The van der Waals surface area contributed by atoms with Crippen LogP contribution in [-0.4, -0.2) is 36.7 Å². The number of carbonyl (C=O) groups is 2. The summed E-state index contributed by atoms with van der Waals surface area (Å²) in [6.45, 7) is 1.80. The second-order valence-electron chi connectivity index (χ2n) is 6.43. The summed E-state index contributed by atoms with van der Waals surface area (Å²) in [7, 11) is 1.54. The van der Waals surface area contributed by atoms with E-state index in [4.69, 9.17) is 9.26 Å². The molecule has 2 heterocycles. The molecular formula is C21H19N3O4. The molecule has 0 saturated carbocycles. The molecule has 1 aromatic heterocycles. The second-order valence-corrected chi connectivity index (χ2v) is 6.43. The summed E-state index contributed by atoms with van der Waals surface area (Å²) in [5, 5.41) is 6.67. The number of aryl methyl sites for hydroxylation is 1. The lowest BCUT2D eigenvalue weighted by Crippen LogP contribution is -2.50. The molecule has 28 heavy (non-hydrogen) atoms. The number of hydrogen-bond acceptors (Lipinski definition) is 5. The number of rotatable bonds is 3. The van der Waals surface area contributed by atoms with Gasteiger partial charge < -0.3 is 19.5 Å². The monoisotopic (exact) mass is 377 g/mol. The van der Waals surface area contributed by atoms with Gasteiger partial charge in [0.1, 0.15) is 22.8 Å². The highest BCUT2D eigenvalue weighted by atomic mass is 16.5. The summed E-state index contributed by atoms with van der Waals surface area (Å²) in [5.41, 5.74) is 2.24. The Morgan fingerprint density at radius 1 is 1.11 bits per heavy atom. The minimum atomic E-state index is -0.802. The number of carbonyl (C=O) groups excluding carboxylic acids is 2. The lowest BCUT2D eigenvalue weighted by atomic mass is 10.0. The zero-order valence-corrected chi connectivity index (χ0v) is 15.5. The summed E-state index contributed by atoms with van der Waals surface area (Å²) in [5.74, 6) is 0.315. The molecule has 0 saturated heterocycles. The summed E-state index contributed by atoms with van der Waals surface area (Å²) in [4.78, 5) is 27.3. The molecule has 7 nitrogen and oxygen atoms in total. The highest BCUT2D eigenvalue weighted by Crippen LogP contribution is 2.36. The van der Waals surface area contributed by atoms with Gasteiger partial charge in [-0.1, -0.05) is 47.6 Å². The van der Waals surface area contributed by atoms with Crippen LogP contribution < -0.4 is 15.0 Å². The Bertz CT molecular complexity index is 1030. The number of benzene rings is 2. The Labute approximate surface area is 161 Å². The first-order valence-electron chi connectivity index (χ1n) is 8.91. The summed E-state index contributed by atoms with van der Waals surface area (Å²) in [6, 6.07) is 16.5. The number of fused-ring (bicyclic) bond motifs is 1. The molecule has 7 heteroatoms. The first kappa shape index (κ1) is 17.8. The Hall–Kier alpha value is -3.61. The van der Waals surface area contributed by atoms with Gasteiger partial charge in [-0.25, -0.2) is 0 Å². The largest absolute Gasteiger partial charge is 0.477 e. The number of ether oxygens (including phenoxy) is 1. The van der Waals surface area contributed by atoms with Crippen LogP contribution >= 0.6 is 0 Å². The lowest BCUT2D eigenvalue weighted by molar-refractivity contribution is -0.127. The molecule has 0 spiro atoms. The first-order chi connectivity index (χ1) is 13.6. The predicted octanol–water partition coefficient (Wildman–Crippen LogP) is 2.80. The van der Waals surface area contributed by atoms with Gasteiger partial charge in [-0.15, -0.1) is 0 Å². The van der Waals surface area contributed by atoms with Gasteiger partial charge in [0.25, 0.3) is 11.8 Å². The lowest BCUT2D eigenvalue weighted by Gasteiger charge is -2.34. The van der Waals surface area contributed by atoms with Crippen molar-refractivity contribution in [1.29, 1.82) is 0 Å². The number of aromatic nitrogens is 1. The maximum Gasteiger partial charge on any atom is 0.264 e. The summed E-state index contributed by atoms with van der Waals surface area (Å²) in [6.07, 6.45) is -0.802. The van der Waals surface area contributed by atoms with E-state index in [1.807, 2.05) is 36.4 Å². The van der Waals surface area contributed by atoms with E-state index in [1.54, 1.807) is 30.0 Å². The van der Waals surface area contributed by atoms with Crippen LogP contribution in [0.3, 0.4) is 0 Å². The minimum absolute atomic E-state index is 0.0916. The maximum absolute atomic E-state index is 13.5. The Morgan fingerprint density at radius 2 is 1.82 bits per heavy atom. The Kier molecular flexibility index (Phi) is 4.57. The van der Waals surface area contributed by atoms with Crippen molar-refractivity contribution >= 4 is 17.5 Å². The number of nitrogens with one attached hydrogen (secondary N) is 1. The van der Waals surface area contributed by atoms with Crippen molar-refractivity contribution in [3.05, 3.63) is 65.9 Å². The van der Waals surface area contributed by atoms with Gasteiger partial charge in [0.05, 0.1) is 12.2 Å². The van der Waals surface area contributed by atoms with E-state index < -0.39 is 6.10 Å². The van der Waals surface area contributed by atoms with Crippen molar-refractivity contribution < 1.29 is 18.8 Å². The molecule has 4 rings (SSSR count). The molecule has 2 aromatic carbocycles. The quantitative estimate of drug-likeness (QED) is 0.759. The standard InChI is InChI=1S/C21H19N3O4/c1-13-18(19(23-28-13)14-8-4-3-5-9-14)21(26)24-12-17(20(25)22-2)27-16-11-7-6-10-15(16)24/h3-11,17H,12H2,1-2H3,(H,22,25)/t17-/m0/s1. The van der Waals surface area contributed by atoms with Crippen molar-refractivity contribution in [1.82, 2.24) is 10.5 Å². The van der Waals surface area contributed by atoms with Crippen LogP contribution in [-0.2, 0) is 4.79 Å². The van der Waals surface area contributed by atoms with Crippen molar-refractivity contribution in [3.63, 3.8) is 0 Å². The minimum Gasteiger partial charge on any atom is -0.477 e. The molecule has 0 unspecified atom stereocenters. The van der Waals surface area contributed by atoms with Gasteiger partial charge in [-0.2, -0.15) is 0 Å². The Morgan fingerprint density at radius 3 is 2.57 bits per heavy atom. The average Bonchev–Trinajstić information content (AvgIpc) is 3.13. The fourth-order valence-corrected chi connectivity index (χ4v) is 3.28. The van der Waals surface area contributed by atoms with Gasteiger partial charge >= 0.3 is 0 Å². The molecule has 3 aromatic rings. The molecule has 0 radical (unpaired) electrons. The molecule has 1 N–H and O–H groups in total. The topological polar surface area (TPSA) is 84.7 Å². The van der Waals surface area contributed by atoms with Gasteiger partial charge in [0.15, 0.2) is 6.10 Å². The van der Waals surface area contributed by atoms with Gasteiger partial charge in [0.2, 0.25) is 0 Å². The van der Waals surface area contributed by atoms with Crippen molar-refractivity contribution in [3.8, 4) is 17.0 Å². The molecule has 1 aliphatic heterocycles. The highest BCUT2D eigenvalue weighted by molar-refractivity contribution is 6.11. The van der Waals surface area contributed by atoms with Crippen LogP contribution in [0.25, 0.3) is 11.3 Å². The zero-order valence-electron chi connectivity index (χ0n) is 15.5. The van der Waals surface area contributed by atoms with E-state index in [1.165, 1.54) is 7.05 Å². The number of hydrogen-bond donors (Lipinski definition) is 1. The number of amides is 2. The average molecular weight is 377 g/mol. The summed E-state index contributed by atoms with van der Waals surface area (Å²) >= 11 is 0. The number of anilines is 1. The van der Waals surface area contributed by atoms with Crippen LogP contribution in [0.15, 0.2) is 59.1 Å². The molecule has 1 aliphatic rings. The molecule has 0 bridgehead atoms. The molecular weight excluding hydrogens is 358 g/mol. The van der Waals surface area contributed by atoms with Crippen LogP contribution in [0.2, 0.25) is 0 Å². The maximum atomic E-state index is 13.5. The predicted molar refractivity (Wildman–Crippen MR) is 103 cm³/mol. The van der Waals surface area contributed by atoms with E-state index in [-0.39, 0.29) is 18.4 Å². The third kappa shape index (κ3) is 3.00. The van der Waals surface area contributed by atoms with E-state index in [2.05, 4.69) is 10.5 Å². The van der Waals surface area contributed by atoms with E-state index >= 15 is 0 Å². The number of para-hydroxylation sites is 2. The second kappa shape index (κ2) is 7.19. The van der Waals surface area contributed by atoms with Crippen LogP contribution in [0.5, 0.6) is 5.75 Å². The smallest absolute Gasteiger partial charge is 0.264 e. The summed E-state index contributed by atoms with van der Waals surface area (Å²) < 4.78 is 11.1. The number of likely N-dealkylation sites (N-methyl/N-ethyl adjacent to an activating group) is 1. The van der Waals surface area contributed by atoms with Crippen molar-refractivity contribution in [2.75, 3.05) is 18.5 Å². The Balaban J connectivity index is 1.78. The fraction of sp³-hybridized carbons (Fsp3) is 0.190. The molecule has 0 aliphatic carbocycles. The van der Waals surface area contributed by atoms with Crippen LogP contribution in [0, 0.1) is 6.92 Å². The molecule has 2 amide bonds. The first-order valence-corrected chi connectivity index (χ1v) is 8.91. The fourth-order valence-electron chi connectivity index (χ4n) is 3.28. The molecule has 1 atom stereocenters. The molecule has 142 valence electrons. The van der Waals surface area contributed by atoms with Gasteiger partial charge in [0, 0.05) is 12.6 Å². The van der Waals surface area contributed by atoms with Crippen molar-refractivity contribution in [2.24, 2.45) is 0 Å². The SMILES string of the molecule is CNC(=O)[C@@H]1CN(C(=O)c2c(-c3ccccc3)noc2C)c2ccccc2O1. The normalized spacial score (nSPS) is 15.5. The highest BCUT2D eigenvalue weighted by Gasteiger charge is 2.36. The van der Waals surface area contributed by atoms with Crippen molar-refractivity contribution in [2.45, 2.75) is 13.0 Å². The zero-order chi connectivity index (χ0) is 19.7. The van der Waals surface area contributed by atoms with E-state index in [0.717, 1.165) is 5.56 Å². The van der Waals surface area contributed by atoms with E-state index in [0.29, 0.717) is 28.5 Å². The van der Waals surface area contributed by atoms with Crippen LogP contribution in [0.4, 0.5) is 5.69 Å². The number of nitrogens with zero attached hydrogens (tertiary/aromatic N) is 2. The van der Waals surface area contributed by atoms with Gasteiger partial charge in [-0.3, -0.25) is 9.59 Å². The molecule has 0 fully saturated rings. The van der Waals surface area contributed by atoms with Crippen LogP contribution in [0.1, 0.15) is 16.1 Å². The third-order valence-corrected chi connectivity index (χ3v) is 4.68. The third-order valence-electron chi connectivity index (χ3n) is 4.68.